The van der Waals surface area contributed by atoms with Crippen LogP contribution in [0.15, 0.2) is 30.7 Å². The van der Waals surface area contributed by atoms with E-state index in [9.17, 15) is 9.18 Å². The smallest absolute Gasteiger partial charge is 0.232 e. The first-order valence-electron chi connectivity index (χ1n) is 9.88. The Morgan fingerprint density at radius 1 is 1.30 bits per heavy atom. The molecule has 3 heterocycles. The van der Waals surface area contributed by atoms with Crippen LogP contribution in [0, 0.1) is 11.7 Å². The van der Waals surface area contributed by atoms with Gasteiger partial charge >= 0.3 is 0 Å². The average Bonchev–Trinajstić information content (AvgIpc) is 3.43. The number of imidazole rings is 1. The normalized spacial score (nSPS) is 26.1. The number of aromatic nitrogens is 2. The largest absolute Gasteiger partial charge is 0.340 e. The monoisotopic (exact) mass is 368 g/mol. The average molecular weight is 368 g/mol. The Kier molecular flexibility index (Phi) is 3.86. The first-order valence-corrected chi connectivity index (χ1v) is 9.88. The molecular weight excluding hydrogens is 343 g/mol. The van der Waals surface area contributed by atoms with Crippen LogP contribution in [0.5, 0.6) is 0 Å². The number of hydrogen-bond donors (Lipinski definition) is 1. The highest BCUT2D eigenvalue weighted by Gasteiger charge is 2.50. The molecule has 2 fully saturated rings. The van der Waals surface area contributed by atoms with Crippen molar-refractivity contribution in [3.8, 4) is 0 Å². The number of aryl methyl sites for hydroxylation is 1. The van der Waals surface area contributed by atoms with Crippen LogP contribution in [-0.2, 0) is 17.3 Å². The number of anilines is 1. The topological polar surface area (TPSA) is 50.2 Å². The Bertz CT molecular complexity index is 886. The molecule has 1 aromatic heterocycles. The van der Waals surface area contributed by atoms with Gasteiger partial charge in [0.15, 0.2) is 0 Å². The van der Waals surface area contributed by atoms with Crippen molar-refractivity contribution in [1.29, 1.82) is 0 Å². The number of hydrogen-bond acceptors (Lipinski definition) is 3. The van der Waals surface area contributed by atoms with Gasteiger partial charge in [-0.15, -0.1) is 0 Å². The van der Waals surface area contributed by atoms with E-state index in [2.05, 4.69) is 10.3 Å². The number of benzene rings is 1. The van der Waals surface area contributed by atoms with Crippen molar-refractivity contribution in [3.63, 3.8) is 0 Å². The van der Waals surface area contributed by atoms with Crippen LogP contribution >= 0.6 is 0 Å². The number of fused-ring (bicyclic) bond motifs is 2. The zero-order chi connectivity index (χ0) is 18.6. The Hall–Kier alpha value is -2.21. The van der Waals surface area contributed by atoms with E-state index < -0.39 is 0 Å². The van der Waals surface area contributed by atoms with Gasteiger partial charge in [-0.1, -0.05) is 18.9 Å². The molecule has 5 nitrogen and oxygen atoms in total. The van der Waals surface area contributed by atoms with E-state index in [1.54, 1.807) is 18.5 Å². The molecule has 2 aliphatic heterocycles. The van der Waals surface area contributed by atoms with Crippen LogP contribution in [0.3, 0.4) is 0 Å². The fourth-order valence-electron chi connectivity index (χ4n) is 5.46. The maximum absolute atomic E-state index is 14.8. The molecule has 1 amide bonds. The lowest BCUT2D eigenvalue weighted by atomic mass is 9.80. The number of nitrogens with zero attached hydrogens (tertiary/aromatic N) is 3. The van der Waals surface area contributed by atoms with Crippen LogP contribution in [0.1, 0.15) is 42.9 Å². The summed E-state index contributed by atoms with van der Waals surface area (Å²) in [4.78, 5) is 19.9. The Morgan fingerprint density at radius 3 is 2.85 bits per heavy atom. The molecule has 0 bridgehead atoms. The fraction of sp³-hybridized carbons (Fsp3) is 0.524. The van der Waals surface area contributed by atoms with Gasteiger partial charge in [-0.25, -0.2) is 9.37 Å². The van der Waals surface area contributed by atoms with Crippen molar-refractivity contribution in [3.05, 3.63) is 47.8 Å². The Labute approximate surface area is 158 Å². The summed E-state index contributed by atoms with van der Waals surface area (Å²) in [6.45, 7) is 2.02. The Balaban J connectivity index is 1.50. The molecule has 3 aliphatic rings. The fourth-order valence-corrected chi connectivity index (χ4v) is 5.46. The highest BCUT2D eigenvalue weighted by Crippen LogP contribution is 2.52. The minimum Gasteiger partial charge on any atom is -0.340 e. The second-order valence-electron chi connectivity index (χ2n) is 8.38. The molecule has 5 rings (SSSR count). The third-order valence-corrected chi connectivity index (χ3v) is 6.74. The summed E-state index contributed by atoms with van der Waals surface area (Å²) < 4.78 is 16.7. The summed E-state index contributed by atoms with van der Waals surface area (Å²) in [7, 11) is 1.94. The summed E-state index contributed by atoms with van der Waals surface area (Å²) in [5.41, 5.74) is 2.32. The van der Waals surface area contributed by atoms with Crippen LogP contribution in [0.2, 0.25) is 0 Å². The first-order chi connectivity index (χ1) is 13.1. The lowest BCUT2D eigenvalue weighted by molar-refractivity contribution is -0.122. The molecule has 1 saturated heterocycles. The molecule has 1 aromatic carbocycles. The quantitative estimate of drug-likeness (QED) is 0.887. The Morgan fingerprint density at radius 2 is 2.11 bits per heavy atom. The number of halogens is 1. The molecule has 1 saturated carbocycles. The highest BCUT2D eigenvalue weighted by atomic mass is 19.1. The minimum absolute atomic E-state index is 0.0656. The first kappa shape index (κ1) is 16.9. The maximum Gasteiger partial charge on any atom is 0.232 e. The SMILES string of the molecule is Cn1cnc([C@@H]2CNC[C@H]2C(=O)N2CC3(CCCC3)c3c(F)cccc32)c1. The lowest BCUT2D eigenvalue weighted by Crippen LogP contribution is -2.41. The van der Waals surface area contributed by atoms with E-state index in [1.165, 1.54) is 0 Å². The molecule has 0 radical (unpaired) electrons. The molecule has 0 unspecified atom stereocenters. The molecule has 1 spiro atoms. The molecule has 1 aliphatic carbocycles. The van der Waals surface area contributed by atoms with Crippen LogP contribution < -0.4 is 10.2 Å². The summed E-state index contributed by atoms with van der Waals surface area (Å²) in [6.07, 6.45) is 7.93. The van der Waals surface area contributed by atoms with Gasteiger partial charge in [-0.2, -0.15) is 0 Å². The third kappa shape index (κ3) is 2.53. The molecule has 1 N–H and O–H groups in total. The van der Waals surface area contributed by atoms with Crippen molar-refractivity contribution in [2.24, 2.45) is 13.0 Å². The number of carbonyl (C=O) groups is 1. The number of nitrogens with one attached hydrogen (secondary N) is 1. The van der Waals surface area contributed by atoms with Gasteiger partial charge in [-0.3, -0.25) is 4.79 Å². The molecule has 142 valence electrons. The number of rotatable bonds is 2. The van der Waals surface area contributed by atoms with Gasteiger partial charge < -0.3 is 14.8 Å². The van der Waals surface area contributed by atoms with Crippen molar-refractivity contribution in [2.75, 3.05) is 24.5 Å². The van der Waals surface area contributed by atoms with Crippen molar-refractivity contribution in [1.82, 2.24) is 14.9 Å². The van der Waals surface area contributed by atoms with E-state index >= 15 is 0 Å². The predicted octanol–water partition coefficient (Wildman–Crippen LogP) is 2.72. The van der Waals surface area contributed by atoms with Gasteiger partial charge in [-0.05, 0) is 25.0 Å². The number of carbonyl (C=O) groups excluding carboxylic acids is 1. The summed E-state index contributed by atoms with van der Waals surface area (Å²) >= 11 is 0. The van der Waals surface area contributed by atoms with Gasteiger partial charge in [0.05, 0.1) is 23.6 Å². The molecule has 27 heavy (non-hydrogen) atoms. The van der Waals surface area contributed by atoms with E-state index in [-0.39, 0.29) is 29.0 Å². The molecular formula is C21H25FN4O. The lowest BCUT2D eigenvalue weighted by Gasteiger charge is -2.27. The van der Waals surface area contributed by atoms with E-state index in [0.717, 1.165) is 49.2 Å². The second kappa shape index (κ2) is 6.16. The van der Waals surface area contributed by atoms with Crippen molar-refractivity contribution >= 4 is 11.6 Å². The van der Waals surface area contributed by atoms with Gasteiger partial charge in [0.25, 0.3) is 0 Å². The molecule has 2 aromatic rings. The van der Waals surface area contributed by atoms with E-state index in [4.69, 9.17) is 0 Å². The van der Waals surface area contributed by atoms with Crippen LogP contribution in [0.25, 0.3) is 0 Å². The van der Waals surface area contributed by atoms with Crippen molar-refractivity contribution in [2.45, 2.75) is 37.0 Å². The van der Waals surface area contributed by atoms with E-state index in [0.29, 0.717) is 13.1 Å². The highest BCUT2D eigenvalue weighted by molar-refractivity contribution is 5.98. The van der Waals surface area contributed by atoms with Crippen LogP contribution in [0.4, 0.5) is 10.1 Å². The standard InChI is InChI=1S/C21H25FN4O/c1-25-11-17(24-13-25)14-9-23-10-15(14)20(27)26-12-21(7-2-3-8-21)19-16(22)5-4-6-18(19)26/h4-6,11,13-15,23H,2-3,7-10,12H2,1H3/t14-,15-/m1/s1. The molecule has 6 heteroatoms. The van der Waals surface area contributed by atoms with Crippen molar-refractivity contribution < 1.29 is 9.18 Å². The minimum atomic E-state index is -0.192. The van der Waals surface area contributed by atoms with Gasteiger partial charge in [0.1, 0.15) is 5.82 Å². The summed E-state index contributed by atoms with van der Waals surface area (Å²) in [5, 5.41) is 3.36. The molecule has 2 atom stereocenters. The van der Waals surface area contributed by atoms with Crippen LogP contribution in [-0.4, -0.2) is 35.1 Å². The second-order valence-corrected chi connectivity index (χ2v) is 8.38. The zero-order valence-electron chi connectivity index (χ0n) is 15.6. The zero-order valence-corrected chi connectivity index (χ0v) is 15.6. The van der Waals surface area contributed by atoms with Gasteiger partial charge in [0, 0.05) is 49.8 Å². The predicted molar refractivity (Wildman–Crippen MR) is 101 cm³/mol. The summed E-state index contributed by atoms with van der Waals surface area (Å²) in [6, 6.07) is 5.19. The third-order valence-electron chi connectivity index (χ3n) is 6.74. The number of amides is 1. The van der Waals surface area contributed by atoms with E-state index in [1.807, 2.05) is 28.8 Å². The maximum atomic E-state index is 14.8. The summed E-state index contributed by atoms with van der Waals surface area (Å²) in [5.74, 6) is -0.148. The van der Waals surface area contributed by atoms with Gasteiger partial charge in [0.2, 0.25) is 5.91 Å².